The molecule has 13 heteroatoms. The van der Waals surface area contributed by atoms with Gasteiger partial charge in [0.15, 0.2) is 5.82 Å². The standard InChI is InChI=1S/C27H27N5O6S2/c1-5-38-26(35)22-15(2)21(24(34)28-17-9-7-6-8-10-17)25(40-22)29-20(33)14-39-27-30-23(31-32-27)16-11-18(36-3)13-19(12-16)37-4/h6-13H,5,14H2,1-4H3,(H,28,34)(H,29,33)(H,30,31,32). The van der Waals surface area contributed by atoms with Crippen molar-refractivity contribution < 1.29 is 28.6 Å². The number of aromatic nitrogens is 3. The van der Waals surface area contributed by atoms with Crippen molar-refractivity contribution in [2.75, 3.05) is 37.2 Å². The first-order chi connectivity index (χ1) is 19.3. The van der Waals surface area contributed by atoms with Crippen molar-refractivity contribution in [2.24, 2.45) is 0 Å². The zero-order chi connectivity index (χ0) is 28.6. The van der Waals surface area contributed by atoms with Crippen molar-refractivity contribution in [1.82, 2.24) is 15.2 Å². The van der Waals surface area contributed by atoms with Crippen LogP contribution < -0.4 is 20.1 Å². The minimum Gasteiger partial charge on any atom is -0.497 e. The molecule has 0 spiro atoms. The molecule has 0 radical (unpaired) electrons. The normalized spacial score (nSPS) is 10.6. The van der Waals surface area contributed by atoms with Gasteiger partial charge in [0.2, 0.25) is 11.1 Å². The van der Waals surface area contributed by atoms with E-state index in [1.807, 2.05) is 6.07 Å². The van der Waals surface area contributed by atoms with Crippen molar-refractivity contribution in [3.05, 3.63) is 64.5 Å². The van der Waals surface area contributed by atoms with Gasteiger partial charge in [0.25, 0.3) is 5.91 Å². The highest BCUT2D eigenvalue weighted by Gasteiger charge is 2.26. The van der Waals surface area contributed by atoms with Gasteiger partial charge in [0.1, 0.15) is 21.4 Å². The van der Waals surface area contributed by atoms with Crippen molar-refractivity contribution in [3.63, 3.8) is 0 Å². The van der Waals surface area contributed by atoms with E-state index >= 15 is 0 Å². The quantitative estimate of drug-likeness (QED) is 0.164. The number of nitrogens with zero attached hydrogens (tertiary/aromatic N) is 2. The number of hydrogen-bond donors (Lipinski definition) is 3. The van der Waals surface area contributed by atoms with E-state index in [2.05, 4.69) is 25.8 Å². The van der Waals surface area contributed by atoms with E-state index in [0.29, 0.717) is 39.3 Å². The maximum absolute atomic E-state index is 13.2. The SMILES string of the molecule is CCOC(=O)c1sc(NC(=O)CSc2n[nH]c(-c3cc(OC)cc(OC)c3)n2)c(C(=O)Nc2ccccc2)c1C. The van der Waals surface area contributed by atoms with E-state index in [1.54, 1.807) is 70.5 Å². The van der Waals surface area contributed by atoms with Crippen LogP contribution in [0.3, 0.4) is 0 Å². The number of esters is 1. The molecular formula is C27H27N5O6S2. The van der Waals surface area contributed by atoms with Gasteiger partial charge in [-0.25, -0.2) is 9.78 Å². The zero-order valence-corrected chi connectivity index (χ0v) is 23.8. The molecule has 0 saturated carbocycles. The Morgan fingerprint density at radius 2 is 1.73 bits per heavy atom. The Kier molecular flexibility index (Phi) is 9.40. The Bertz CT molecular complexity index is 1500. The highest BCUT2D eigenvalue weighted by Crippen LogP contribution is 2.35. The first-order valence-electron chi connectivity index (χ1n) is 12.1. The molecule has 2 heterocycles. The minimum absolute atomic E-state index is 0.0375. The van der Waals surface area contributed by atoms with Gasteiger partial charge in [-0.1, -0.05) is 30.0 Å². The van der Waals surface area contributed by atoms with Crippen LogP contribution in [0, 0.1) is 6.92 Å². The smallest absolute Gasteiger partial charge is 0.348 e. The molecule has 2 amide bonds. The fourth-order valence-electron chi connectivity index (χ4n) is 3.66. The fraction of sp³-hybridized carbons (Fsp3) is 0.222. The molecule has 2 aromatic heterocycles. The third-order valence-electron chi connectivity index (χ3n) is 5.54. The van der Waals surface area contributed by atoms with Gasteiger partial charge in [-0.15, -0.1) is 16.4 Å². The summed E-state index contributed by atoms with van der Waals surface area (Å²) < 4.78 is 15.7. The van der Waals surface area contributed by atoms with Crippen molar-refractivity contribution in [3.8, 4) is 22.9 Å². The number of hydrogen-bond acceptors (Lipinski definition) is 10. The Labute approximate surface area is 238 Å². The van der Waals surface area contributed by atoms with Crippen LogP contribution in [-0.4, -0.2) is 59.5 Å². The first-order valence-corrected chi connectivity index (χ1v) is 13.9. The Morgan fingerprint density at radius 1 is 1.02 bits per heavy atom. The number of nitrogens with one attached hydrogen (secondary N) is 3. The second-order valence-electron chi connectivity index (χ2n) is 8.21. The Hall–Kier alpha value is -4.36. The van der Waals surface area contributed by atoms with Gasteiger partial charge in [0, 0.05) is 17.3 Å². The number of para-hydroxylation sites is 1. The lowest BCUT2D eigenvalue weighted by molar-refractivity contribution is -0.113. The highest BCUT2D eigenvalue weighted by molar-refractivity contribution is 7.99. The molecule has 40 heavy (non-hydrogen) atoms. The maximum atomic E-state index is 13.2. The monoisotopic (exact) mass is 581 g/mol. The molecule has 4 aromatic rings. The van der Waals surface area contributed by atoms with E-state index in [-0.39, 0.29) is 27.8 Å². The molecule has 11 nitrogen and oxygen atoms in total. The van der Waals surface area contributed by atoms with Gasteiger partial charge in [-0.3, -0.25) is 14.7 Å². The molecule has 2 aromatic carbocycles. The number of H-pyrrole nitrogens is 1. The summed E-state index contributed by atoms with van der Waals surface area (Å²) in [5.74, 6) is 0.226. The molecule has 0 unspecified atom stereocenters. The van der Waals surface area contributed by atoms with Crippen LogP contribution in [0.1, 0.15) is 32.5 Å². The molecule has 0 atom stereocenters. The number of rotatable bonds is 11. The molecule has 0 aliphatic carbocycles. The van der Waals surface area contributed by atoms with Crippen LogP contribution in [0.5, 0.6) is 11.5 Å². The minimum atomic E-state index is -0.559. The van der Waals surface area contributed by atoms with E-state index in [9.17, 15) is 14.4 Å². The summed E-state index contributed by atoms with van der Waals surface area (Å²) in [6, 6.07) is 14.2. The maximum Gasteiger partial charge on any atom is 0.348 e. The average molecular weight is 582 g/mol. The van der Waals surface area contributed by atoms with E-state index < -0.39 is 17.8 Å². The number of ether oxygens (including phenoxy) is 3. The van der Waals surface area contributed by atoms with Crippen LogP contribution in [-0.2, 0) is 9.53 Å². The van der Waals surface area contributed by atoms with Gasteiger partial charge in [-0.2, -0.15) is 0 Å². The Morgan fingerprint density at radius 3 is 2.38 bits per heavy atom. The summed E-state index contributed by atoms with van der Waals surface area (Å²) in [4.78, 5) is 43.3. The van der Waals surface area contributed by atoms with Crippen molar-refractivity contribution in [2.45, 2.75) is 19.0 Å². The predicted octanol–water partition coefficient (Wildman–Crippen LogP) is 5.02. The zero-order valence-electron chi connectivity index (χ0n) is 22.2. The topological polar surface area (TPSA) is 145 Å². The lowest BCUT2D eigenvalue weighted by atomic mass is 10.1. The van der Waals surface area contributed by atoms with Gasteiger partial charge >= 0.3 is 5.97 Å². The molecule has 3 N–H and O–H groups in total. The number of anilines is 2. The van der Waals surface area contributed by atoms with E-state index in [4.69, 9.17) is 14.2 Å². The summed E-state index contributed by atoms with van der Waals surface area (Å²) in [6.07, 6.45) is 0. The van der Waals surface area contributed by atoms with E-state index in [0.717, 1.165) is 23.1 Å². The summed E-state index contributed by atoms with van der Waals surface area (Å²) in [7, 11) is 3.11. The molecule has 208 valence electrons. The third kappa shape index (κ3) is 6.79. The molecule has 0 fully saturated rings. The number of carbonyl (C=O) groups is 3. The lowest BCUT2D eigenvalue weighted by Gasteiger charge is -2.08. The number of thioether (sulfide) groups is 1. The summed E-state index contributed by atoms with van der Waals surface area (Å²) in [5.41, 5.74) is 1.90. The lowest BCUT2D eigenvalue weighted by Crippen LogP contribution is -2.18. The number of benzene rings is 2. The molecule has 0 bridgehead atoms. The summed E-state index contributed by atoms with van der Waals surface area (Å²) >= 11 is 2.10. The van der Waals surface area contributed by atoms with Crippen LogP contribution in [0.4, 0.5) is 10.7 Å². The second-order valence-corrected chi connectivity index (χ2v) is 10.2. The largest absolute Gasteiger partial charge is 0.497 e. The van der Waals surface area contributed by atoms with Gasteiger partial charge in [0.05, 0.1) is 32.1 Å². The molecule has 4 rings (SSSR count). The van der Waals surface area contributed by atoms with Crippen LogP contribution in [0.25, 0.3) is 11.4 Å². The highest BCUT2D eigenvalue weighted by atomic mass is 32.2. The number of methoxy groups -OCH3 is 2. The number of aromatic amines is 1. The molecule has 0 aliphatic heterocycles. The van der Waals surface area contributed by atoms with Gasteiger partial charge < -0.3 is 24.8 Å². The fourth-order valence-corrected chi connectivity index (χ4v) is 5.37. The summed E-state index contributed by atoms with van der Waals surface area (Å²) in [6.45, 7) is 3.53. The number of amides is 2. The second kappa shape index (κ2) is 13.1. The number of thiophene rings is 1. The molecular weight excluding hydrogens is 554 g/mol. The van der Waals surface area contributed by atoms with E-state index in [1.165, 1.54) is 0 Å². The van der Waals surface area contributed by atoms with Gasteiger partial charge in [-0.05, 0) is 43.7 Å². The summed E-state index contributed by atoms with van der Waals surface area (Å²) in [5, 5.41) is 13.2. The first kappa shape index (κ1) is 28.6. The van der Waals surface area contributed by atoms with Crippen LogP contribution in [0.15, 0.2) is 53.7 Å². The van der Waals surface area contributed by atoms with Crippen molar-refractivity contribution >= 4 is 51.6 Å². The Balaban J connectivity index is 1.49. The van der Waals surface area contributed by atoms with Crippen LogP contribution in [0.2, 0.25) is 0 Å². The van der Waals surface area contributed by atoms with Crippen LogP contribution >= 0.6 is 23.1 Å². The average Bonchev–Trinajstić information content (AvgIpc) is 3.56. The predicted molar refractivity (Wildman–Crippen MR) is 154 cm³/mol. The third-order valence-corrected chi connectivity index (χ3v) is 7.58. The number of carbonyl (C=O) groups excluding carboxylic acids is 3. The molecule has 0 saturated heterocycles. The molecule has 0 aliphatic rings. The van der Waals surface area contributed by atoms with Crippen molar-refractivity contribution in [1.29, 1.82) is 0 Å².